The molecule has 0 aliphatic rings. The van der Waals surface area contributed by atoms with Gasteiger partial charge in [0.05, 0.1) is 0 Å². The standard InChI is InChI=1S/C9H9BrClN/c10-9-5-8(6-12-7-9)3-1-2-4-11/h1,3,5-7H,2,4H2. The monoisotopic (exact) mass is 245 g/mol. The normalized spacial score (nSPS) is 10.8. The maximum atomic E-state index is 5.52. The van der Waals surface area contributed by atoms with E-state index in [0.29, 0.717) is 5.88 Å². The summed E-state index contributed by atoms with van der Waals surface area (Å²) in [6.45, 7) is 0. The van der Waals surface area contributed by atoms with E-state index in [1.54, 1.807) is 6.20 Å². The van der Waals surface area contributed by atoms with Gasteiger partial charge in [-0.15, -0.1) is 11.6 Å². The lowest BCUT2D eigenvalue weighted by molar-refractivity contribution is 1.24. The molecule has 3 heteroatoms. The Balaban J connectivity index is 2.63. The van der Waals surface area contributed by atoms with E-state index < -0.39 is 0 Å². The SMILES string of the molecule is ClCCC=Cc1cncc(Br)c1. The molecule has 1 aromatic heterocycles. The number of pyridine rings is 1. The first-order valence-electron chi connectivity index (χ1n) is 3.66. The van der Waals surface area contributed by atoms with E-state index in [2.05, 4.69) is 20.9 Å². The Kier molecular flexibility index (Phi) is 4.33. The molecule has 0 atom stereocenters. The van der Waals surface area contributed by atoms with Crippen LogP contribution in [-0.2, 0) is 0 Å². The molecule has 0 aliphatic heterocycles. The Bertz CT molecular complexity index is 273. The third-order valence-corrected chi connectivity index (χ3v) is 1.96. The molecule has 0 amide bonds. The summed E-state index contributed by atoms with van der Waals surface area (Å²) in [5.41, 5.74) is 1.09. The highest BCUT2D eigenvalue weighted by atomic mass is 79.9. The smallest absolute Gasteiger partial charge is 0.0410 e. The highest BCUT2D eigenvalue weighted by Crippen LogP contribution is 2.10. The second-order valence-corrected chi connectivity index (χ2v) is 3.61. The first kappa shape index (κ1) is 9.75. The molecule has 1 nitrogen and oxygen atoms in total. The van der Waals surface area contributed by atoms with Crippen molar-refractivity contribution in [2.45, 2.75) is 6.42 Å². The molecule has 12 heavy (non-hydrogen) atoms. The van der Waals surface area contributed by atoms with Gasteiger partial charge >= 0.3 is 0 Å². The predicted octanol–water partition coefficient (Wildman–Crippen LogP) is 3.49. The molecule has 0 fully saturated rings. The molecular weight excluding hydrogens is 237 g/mol. The van der Waals surface area contributed by atoms with E-state index in [1.165, 1.54) is 0 Å². The van der Waals surface area contributed by atoms with Gasteiger partial charge in [-0.2, -0.15) is 0 Å². The third-order valence-electron chi connectivity index (χ3n) is 1.31. The number of hydrogen-bond acceptors (Lipinski definition) is 1. The quantitative estimate of drug-likeness (QED) is 0.744. The van der Waals surface area contributed by atoms with Crippen LogP contribution in [0.25, 0.3) is 6.08 Å². The number of rotatable bonds is 3. The predicted molar refractivity (Wildman–Crippen MR) is 56.3 cm³/mol. The summed E-state index contributed by atoms with van der Waals surface area (Å²) in [7, 11) is 0. The van der Waals surface area contributed by atoms with Crippen molar-refractivity contribution in [3.8, 4) is 0 Å². The second kappa shape index (κ2) is 5.33. The topological polar surface area (TPSA) is 12.9 Å². The fourth-order valence-corrected chi connectivity index (χ4v) is 1.31. The van der Waals surface area contributed by atoms with E-state index in [1.807, 2.05) is 24.4 Å². The number of alkyl halides is 1. The molecule has 0 spiro atoms. The van der Waals surface area contributed by atoms with E-state index in [4.69, 9.17) is 11.6 Å². The molecular formula is C9H9BrClN. The average Bonchev–Trinajstić information content (AvgIpc) is 2.05. The molecule has 0 unspecified atom stereocenters. The Hall–Kier alpha value is -0.340. The van der Waals surface area contributed by atoms with Gasteiger partial charge in [-0.1, -0.05) is 12.2 Å². The van der Waals surface area contributed by atoms with E-state index >= 15 is 0 Å². The van der Waals surface area contributed by atoms with Crippen LogP contribution in [0.2, 0.25) is 0 Å². The van der Waals surface area contributed by atoms with Gasteiger partial charge in [-0.3, -0.25) is 4.98 Å². The first-order valence-corrected chi connectivity index (χ1v) is 4.99. The minimum Gasteiger partial charge on any atom is -0.263 e. The lowest BCUT2D eigenvalue weighted by Crippen LogP contribution is -1.76. The molecule has 1 heterocycles. The van der Waals surface area contributed by atoms with Gasteiger partial charge in [0.25, 0.3) is 0 Å². The van der Waals surface area contributed by atoms with Crippen molar-refractivity contribution in [2.75, 3.05) is 5.88 Å². The molecule has 64 valence electrons. The van der Waals surface area contributed by atoms with Crippen molar-refractivity contribution in [1.29, 1.82) is 0 Å². The van der Waals surface area contributed by atoms with Crippen LogP contribution in [0, 0.1) is 0 Å². The molecule has 1 aromatic rings. The zero-order valence-corrected chi connectivity index (χ0v) is 8.85. The van der Waals surface area contributed by atoms with Crippen molar-refractivity contribution in [3.05, 3.63) is 34.6 Å². The van der Waals surface area contributed by atoms with Crippen molar-refractivity contribution < 1.29 is 0 Å². The van der Waals surface area contributed by atoms with Crippen LogP contribution in [0.15, 0.2) is 29.0 Å². The number of halogens is 2. The average molecular weight is 247 g/mol. The number of allylic oxidation sites excluding steroid dienone is 1. The third kappa shape index (κ3) is 3.37. The van der Waals surface area contributed by atoms with Crippen molar-refractivity contribution in [3.63, 3.8) is 0 Å². The van der Waals surface area contributed by atoms with Crippen LogP contribution in [0.1, 0.15) is 12.0 Å². The largest absolute Gasteiger partial charge is 0.263 e. The van der Waals surface area contributed by atoms with Crippen LogP contribution in [0.4, 0.5) is 0 Å². The number of hydrogen-bond donors (Lipinski definition) is 0. The zero-order chi connectivity index (χ0) is 8.81. The van der Waals surface area contributed by atoms with Crippen molar-refractivity contribution in [1.82, 2.24) is 4.98 Å². The van der Waals surface area contributed by atoms with Gasteiger partial charge in [0, 0.05) is 22.7 Å². The number of nitrogens with zero attached hydrogens (tertiary/aromatic N) is 1. The maximum absolute atomic E-state index is 5.52. The Labute approximate surface area is 85.6 Å². The zero-order valence-electron chi connectivity index (χ0n) is 6.50. The van der Waals surface area contributed by atoms with Crippen LogP contribution >= 0.6 is 27.5 Å². The summed E-state index contributed by atoms with van der Waals surface area (Å²) < 4.78 is 0.996. The van der Waals surface area contributed by atoms with E-state index in [9.17, 15) is 0 Å². The lowest BCUT2D eigenvalue weighted by Gasteiger charge is -1.92. The fraction of sp³-hybridized carbons (Fsp3) is 0.222. The lowest BCUT2D eigenvalue weighted by atomic mass is 10.2. The van der Waals surface area contributed by atoms with Gasteiger partial charge in [0.2, 0.25) is 0 Å². The molecule has 0 saturated carbocycles. The Morgan fingerprint density at radius 1 is 1.50 bits per heavy atom. The minimum absolute atomic E-state index is 0.665. The summed E-state index contributed by atoms with van der Waals surface area (Å²) in [5, 5.41) is 0. The molecule has 0 radical (unpaired) electrons. The van der Waals surface area contributed by atoms with Gasteiger partial charge in [-0.25, -0.2) is 0 Å². The van der Waals surface area contributed by atoms with Gasteiger partial charge in [0.15, 0.2) is 0 Å². The summed E-state index contributed by atoms with van der Waals surface area (Å²) in [4.78, 5) is 4.03. The van der Waals surface area contributed by atoms with Crippen molar-refractivity contribution in [2.24, 2.45) is 0 Å². The Morgan fingerprint density at radius 2 is 2.33 bits per heavy atom. The molecule has 1 rings (SSSR count). The van der Waals surface area contributed by atoms with Crippen LogP contribution in [0.5, 0.6) is 0 Å². The van der Waals surface area contributed by atoms with Crippen LogP contribution < -0.4 is 0 Å². The molecule has 0 bridgehead atoms. The Morgan fingerprint density at radius 3 is 3.00 bits per heavy atom. The molecule has 0 saturated heterocycles. The van der Waals surface area contributed by atoms with Gasteiger partial charge in [-0.05, 0) is 34.0 Å². The summed E-state index contributed by atoms with van der Waals surface area (Å²) >= 11 is 8.87. The summed E-state index contributed by atoms with van der Waals surface area (Å²) in [5.74, 6) is 0.665. The highest BCUT2D eigenvalue weighted by molar-refractivity contribution is 9.10. The second-order valence-electron chi connectivity index (χ2n) is 2.32. The molecule has 0 aliphatic carbocycles. The minimum atomic E-state index is 0.665. The molecule has 0 aromatic carbocycles. The highest BCUT2D eigenvalue weighted by Gasteiger charge is 1.88. The maximum Gasteiger partial charge on any atom is 0.0410 e. The number of aromatic nitrogens is 1. The van der Waals surface area contributed by atoms with E-state index in [0.717, 1.165) is 16.5 Å². The summed E-state index contributed by atoms with van der Waals surface area (Å²) in [6, 6.07) is 2.01. The molecule has 0 N–H and O–H groups in total. The van der Waals surface area contributed by atoms with Crippen LogP contribution in [-0.4, -0.2) is 10.9 Å². The first-order chi connectivity index (χ1) is 5.83. The summed E-state index contributed by atoms with van der Waals surface area (Å²) in [6.07, 6.45) is 8.53. The fourth-order valence-electron chi connectivity index (χ4n) is 0.802. The van der Waals surface area contributed by atoms with Gasteiger partial charge < -0.3 is 0 Å². The van der Waals surface area contributed by atoms with Crippen molar-refractivity contribution >= 4 is 33.6 Å². The van der Waals surface area contributed by atoms with Gasteiger partial charge in [0.1, 0.15) is 0 Å². The van der Waals surface area contributed by atoms with E-state index in [-0.39, 0.29) is 0 Å². The van der Waals surface area contributed by atoms with Crippen LogP contribution in [0.3, 0.4) is 0 Å².